The van der Waals surface area contributed by atoms with Gasteiger partial charge in [-0.15, -0.1) is 12.4 Å². The van der Waals surface area contributed by atoms with Crippen LogP contribution >= 0.6 is 12.4 Å². The van der Waals surface area contributed by atoms with Gasteiger partial charge in [0.05, 0.1) is 5.56 Å². The average Bonchev–Trinajstić information content (AvgIpc) is 2.53. The Morgan fingerprint density at radius 1 is 1.07 bits per heavy atom. The van der Waals surface area contributed by atoms with E-state index in [9.17, 15) is 23.1 Å². The normalized spacial score (nSPS) is 19.2. The van der Waals surface area contributed by atoms with Gasteiger partial charge in [-0.1, -0.05) is 12.1 Å². The van der Waals surface area contributed by atoms with E-state index in [1.165, 1.54) is 12.1 Å². The minimum atomic E-state index is -4.33. The molecule has 1 aromatic carbocycles. The van der Waals surface area contributed by atoms with Crippen LogP contribution in [-0.2, 0) is 17.5 Å². The third-order valence-corrected chi connectivity index (χ3v) is 5.36. The lowest BCUT2D eigenvalue weighted by Gasteiger charge is -2.49. The van der Waals surface area contributed by atoms with E-state index in [-0.39, 0.29) is 12.4 Å². The van der Waals surface area contributed by atoms with E-state index in [1.54, 1.807) is 20.8 Å². The Hall–Kier alpha value is -1.35. The van der Waals surface area contributed by atoms with Crippen LogP contribution in [0.3, 0.4) is 0 Å². The summed E-state index contributed by atoms with van der Waals surface area (Å²) in [6.07, 6.45) is -4.33. The molecule has 0 radical (unpaired) electrons. The summed E-state index contributed by atoms with van der Waals surface area (Å²) in [5, 5.41) is 9.69. The Kier molecular flexibility index (Phi) is 7.32. The monoisotopic (exact) mass is 409 g/mol. The molecule has 27 heavy (non-hydrogen) atoms. The van der Waals surface area contributed by atoms with Crippen LogP contribution in [0.4, 0.5) is 13.2 Å². The van der Waals surface area contributed by atoms with Gasteiger partial charge >= 0.3 is 12.1 Å². The van der Waals surface area contributed by atoms with Crippen LogP contribution in [0.5, 0.6) is 0 Å². The fourth-order valence-electron chi connectivity index (χ4n) is 3.23. The molecule has 154 valence electrons. The molecule has 0 unspecified atom stereocenters. The van der Waals surface area contributed by atoms with Crippen molar-refractivity contribution in [1.82, 2.24) is 9.80 Å². The number of hydrogen-bond donors (Lipinski definition) is 2. The number of aliphatic carboxylic acids is 1. The molecule has 1 atom stereocenters. The number of carboxylic acids is 1. The summed E-state index contributed by atoms with van der Waals surface area (Å²) >= 11 is 0. The summed E-state index contributed by atoms with van der Waals surface area (Å²) < 4.78 is 37.9. The molecule has 5 nitrogen and oxygen atoms in total. The zero-order chi connectivity index (χ0) is 19.8. The average molecular weight is 410 g/mol. The van der Waals surface area contributed by atoms with Gasteiger partial charge in [0.25, 0.3) is 0 Å². The Labute approximate surface area is 163 Å². The molecule has 1 aromatic rings. The number of hydrogen-bond acceptors (Lipinski definition) is 4. The van der Waals surface area contributed by atoms with Gasteiger partial charge in [0.15, 0.2) is 0 Å². The molecule has 9 heteroatoms. The zero-order valence-corrected chi connectivity index (χ0v) is 16.5. The molecule has 0 aromatic heterocycles. The first-order valence-electron chi connectivity index (χ1n) is 8.51. The lowest BCUT2D eigenvalue weighted by molar-refractivity contribution is -0.156. The van der Waals surface area contributed by atoms with Crippen molar-refractivity contribution in [3.63, 3.8) is 0 Å². The fraction of sp³-hybridized carbons (Fsp3) is 0.611. The molecule has 0 saturated carbocycles. The van der Waals surface area contributed by atoms with E-state index in [0.29, 0.717) is 32.7 Å². The van der Waals surface area contributed by atoms with Gasteiger partial charge in [-0.2, -0.15) is 13.2 Å². The smallest absolute Gasteiger partial charge is 0.416 e. The van der Waals surface area contributed by atoms with Crippen LogP contribution < -0.4 is 5.73 Å². The molecular formula is C18H27ClF3N3O2. The van der Waals surface area contributed by atoms with E-state index in [4.69, 9.17) is 5.73 Å². The number of piperazine rings is 1. The molecule has 2 rings (SSSR count). The molecule has 1 fully saturated rings. The minimum Gasteiger partial charge on any atom is -0.480 e. The second-order valence-corrected chi connectivity index (χ2v) is 7.56. The topological polar surface area (TPSA) is 69.8 Å². The minimum absolute atomic E-state index is 0. The Bertz CT molecular complexity index is 639. The second-order valence-electron chi connectivity index (χ2n) is 7.56. The van der Waals surface area contributed by atoms with Gasteiger partial charge in [-0.3, -0.25) is 14.6 Å². The zero-order valence-electron chi connectivity index (χ0n) is 15.7. The van der Waals surface area contributed by atoms with E-state index in [0.717, 1.165) is 17.7 Å². The number of nitrogens with two attached hydrogens (primary N) is 1. The molecule has 1 aliphatic heterocycles. The highest BCUT2D eigenvalue weighted by molar-refractivity contribution is 5.85. The number of rotatable bonds is 5. The summed E-state index contributed by atoms with van der Waals surface area (Å²) in [7, 11) is 0. The van der Waals surface area contributed by atoms with Crippen LogP contribution in [0.15, 0.2) is 24.3 Å². The highest BCUT2D eigenvalue weighted by Gasteiger charge is 2.50. The maximum atomic E-state index is 12.6. The Morgan fingerprint density at radius 3 is 1.93 bits per heavy atom. The van der Waals surface area contributed by atoms with Gasteiger partial charge in [0, 0.05) is 38.3 Å². The first-order valence-corrected chi connectivity index (χ1v) is 8.51. The van der Waals surface area contributed by atoms with Gasteiger partial charge in [0.2, 0.25) is 0 Å². The number of nitrogens with zero attached hydrogens (tertiary/aromatic N) is 2. The standard InChI is InChI=1S/C18H26F3N3O2.ClH/c1-16(2,22)17(3,15(25)26)24-10-8-23(9-11-24)12-13-4-6-14(7-5-13)18(19,20)21;/h4-7H,8-12,22H2,1-3H3,(H,25,26);1H/t17-;/m1./s1. The third-order valence-electron chi connectivity index (χ3n) is 5.36. The molecule has 3 N–H and O–H groups in total. The summed E-state index contributed by atoms with van der Waals surface area (Å²) in [5.41, 5.74) is 4.15. The van der Waals surface area contributed by atoms with E-state index in [2.05, 4.69) is 4.90 Å². The van der Waals surface area contributed by atoms with Gasteiger partial charge in [-0.25, -0.2) is 0 Å². The number of carbonyl (C=O) groups is 1. The van der Waals surface area contributed by atoms with E-state index < -0.39 is 28.8 Å². The summed E-state index contributed by atoms with van der Waals surface area (Å²) in [6.45, 7) is 7.89. The third kappa shape index (κ3) is 5.13. The largest absolute Gasteiger partial charge is 0.480 e. The highest BCUT2D eigenvalue weighted by atomic mass is 35.5. The SMILES string of the molecule is CC(C)(N)[C@@](C)(C(=O)O)N1CCN(Cc2ccc(C(F)(F)F)cc2)CC1.Cl. The Morgan fingerprint density at radius 2 is 1.56 bits per heavy atom. The number of halogens is 4. The Balaban J connectivity index is 0.00000364. The summed E-state index contributed by atoms with van der Waals surface area (Å²) in [4.78, 5) is 15.8. The second kappa shape index (κ2) is 8.34. The van der Waals surface area contributed by atoms with Crippen molar-refractivity contribution < 1.29 is 23.1 Å². The first-order chi connectivity index (χ1) is 11.9. The van der Waals surface area contributed by atoms with Gasteiger partial charge in [-0.05, 0) is 38.5 Å². The predicted molar refractivity (Wildman–Crippen MR) is 99.8 cm³/mol. The molecule has 1 saturated heterocycles. The van der Waals surface area contributed by atoms with E-state index >= 15 is 0 Å². The van der Waals surface area contributed by atoms with Crippen LogP contribution in [0.1, 0.15) is 31.9 Å². The molecule has 0 amide bonds. The van der Waals surface area contributed by atoms with Crippen LogP contribution in [0.25, 0.3) is 0 Å². The van der Waals surface area contributed by atoms with Crippen molar-refractivity contribution >= 4 is 18.4 Å². The van der Waals surface area contributed by atoms with Crippen molar-refractivity contribution in [1.29, 1.82) is 0 Å². The van der Waals surface area contributed by atoms with Gasteiger partial charge in [0.1, 0.15) is 5.54 Å². The lowest BCUT2D eigenvalue weighted by Crippen LogP contribution is -2.71. The maximum absolute atomic E-state index is 12.6. The van der Waals surface area contributed by atoms with Crippen molar-refractivity contribution in [3.05, 3.63) is 35.4 Å². The van der Waals surface area contributed by atoms with Gasteiger partial charge < -0.3 is 10.8 Å². The van der Waals surface area contributed by atoms with E-state index in [1.807, 2.05) is 4.90 Å². The van der Waals surface area contributed by atoms with Crippen LogP contribution in [0.2, 0.25) is 0 Å². The molecule has 1 heterocycles. The first kappa shape index (κ1) is 23.7. The molecular weight excluding hydrogens is 383 g/mol. The fourth-order valence-corrected chi connectivity index (χ4v) is 3.23. The van der Waals surface area contributed by atoms with Crippen molar-refractivity contribution in [2.24, 2.45) is 5.73 Å². The maximum Gasteiger partial charge on any atom is 0.416 e. The highest BCUT2D eigenvalue weighted by Crippen LogP contribution is 2.30. The lowest BCUT2D eigenvalue weighted by atomic mass is 9.79. The number of alkyl halides is 3. The predicted octanol–water partition coefficient (Wildman–Crippen LogP) is 2.83. The summed E-state index contributed by atoms with van der Waals surface area (Å²) in [6, 6.07) is 5.15. The van der Waals surface area contributed by atoms with Crippen molar-refractivity contribution in [3.8, 4) is 0 Å². The molecule has 1 aliphatic rings. The molecule has 0 aliphatic carbocycles. The summed E-state index contributed by atoms with van der Waals surface area (Å²) in [5.74, 6) is -0.957. The molecule has 0 spiro atoms. The van der Waals surface area contributed by atoms with Crippen LogP contribution in [-0.4, -0.2) is 58.1 Å². The number of carboxylic acid groups (broad SMARTS) is 1. The molecule has 0 bridgehead atoms. The van der Waals surface area contributed by atoms with Crippen molar-refractivity contribution in [2.45, 2.75) is 44.6 Å². The number of benzene rings is 1. The van der Waals surface area contributed by atoms with Crippen molar-refractivity contribution in [2.75, 3.05) is 26.2 Å². The quantitative estimate of drug-likeness (QED) is 0.782. The van der Waals surface area contributed by atoms with Crippen LogP contribution in [0, 0.1) is 0 Å².